The number of carbonyl (C=O) groups excluding carboxylic acids is 1. The van der Waals surface area contributed by atoms with Gasteiger partial charge >= 0.3 is 0 Å². The van der Waals surface area contributed by atoms with Gasteiger partial charge in [0.15, 0.2) is 0 Å². The molecule has 1 aliphatic heterocycles. The standard InChI is InChI=1S/C12H12F2N2O.ClH/c13-6-1-2-10(14)7(3-6)12(17)16-11-8-4-15-5-9(8)11;/h1-3,8-9,11,15H,4-5H2,(H,16,17);1H. The molecule has 6 heteroatoms. The van der Waals surface area contributed by atoms with E-state index in [4.69, 9.17) is 0 Å². The lowest BCUT2D eigenvalue weighted by Gasteiger charge is -2.08. The van der Waals surface area contributed by atoms with Crippen molar-refractivity contribution in [3.8, 4) is 0 Å². The predicted octanol–water partition coefficient (Wildman–Crippen LogP) is 1.33. The van der Waals surface area contributed by atoms with Crippen LogP contribution in [0.4, 0.5) is 8.78 Å². The lowest BCUT2D eigenvalue weighted by atomic mass is 10.2. The summed E-state index contributed by atoms with van der Waals surface area (Å²) in [6, 6.07) is 3.02. The smallest absolute Gasteiger partial charge is 0.254 e. The van der Waals surface area contributed by atoms with Gasteiger partial charge in [-0.2, -0.15) is 0 Å². The van der Waals surface area contributed by atoms with E-state index in [1.807, 2.05) is 0 Å². The summed E-state index contributed by atoms with van der Waals surface area (Å²) in [4.78, 5) is 11.8. The molecule has 1 amide bonds. The summed E-state index contributed by atoms with van der Waals surface area (Å²) in [5.41, 5.74) is -0.220. The maximum atomic E-state index is 13.3. The molecule has 1 aromatic carbocycles. The number of amides is 1. The number of carbonyl (C=O) groups is 1. The number of nitrogens with one attached hydrogen (secondary N) is 2. The van der Waals surface area contributed by atoms with Crippen molar-refractivity contribution in [2.24, 2.45) is 11.8 Å². The van der Waals surface area contributed by atoms with Crippen LogP contribution in [0.3, 0.4) is 0 Å². The fraction of sp³-hybridized carbons (Fsp3) is 0.417. The maximum Gasteiger partial charge on any atom is 0.254 e. The van der Waals surface area contributed by atoms with E-state index >= 15 is 0 Å². The molecule has 3 rings (SSSR count). The Morgan fingerprint density at radius 3 is 2.61 bits per heavy atom. The predicted molar refractivity (Wildman–Crippen MR) is 64.7 cm³/mol. The molecule has 1 aliphatic carbocycles. The minimum atomic E-state index is -0.687. The second-order valence-corrected chi connectivity index (χ2v) is 4.61. The largest absolute Gasteiger partial charge is 0.349 e. The second kappa shape index (κ2) is 4.82. The molecule has 0 radical (unpaired) electrons. The van der Waals surface area contributed by atoms with Gasteiger partial charge in [-0.3, -0.25) is 4.79 Å². The first-order valence-electron chi connectivity index (χ1n) is 5.63. The summed E-state index contributed by atoms with van der Waals surface area (Å²) in [6.07, 6.45) is 0. The summed E-state index contributed by atoms with van der Waals surface area (Å²) in [5, 5.41) is 5.95. The highest BCUT2D eigenvalue weighted by molar-refractivity contribution is 5.95. The molecule has 2 atom stereocenters. The summed E-state index contributed by atoms with van der Waals surface area (Å²) in [6.45, 7) is 1.78. The topological polar surface area (TPSA) is 41.1 Å². The van der Waals surface area contributed by atoms with Crippen LogP contribution < -0.4 is 10.6 Å². The molecular formula is C12H13ClF2N2O. The van der Waals surface area contributed by atoms with Crippen LogP contribution in [-0.2, 0) is 0 Å². The Morgan fingerprint density at radius 1 is 1.28 bits per heavy atom. The quantitative estimate of drug-likeness (QED) is 0.854. The molecule has 1 saturated heterocycles. The van der Waals surface area contributed by atoms with E-state index in [1.165, 1.54) is 0 Å². The summed E-state index contributed by atoms with van der Waals surface area (Å²) in [5.74, 6) is -0.908. The van der Waals surface area contributed by atoms with Gasteiger partial charge in [0.2, 0.25) is 0 Å². The molecule has 3 nitrogen and oxygen atoms in total. The third kappa shape index (κ3) is 2.20. The molecule has 2 unspecified atom stereocenters. The van der Waals surface area contributed by atoms with Crippen LogP contribution >= 0.6 is 12.4 Å². The van der Waals surface area contributed by atoms with Crippen molar-refractivity contribution in [2.45, 2.75) is 6.04 Å². The van der Waals surface area contributed by atoms with E-state index in [2.05, 4.69) is 10.6 Å². The van der Waals surface area contributed by atoms with Crippen LogP contribution in [-0.4, -0.2) is 25.0 Å². The van der Waals surface area contributed by atoms with E-state index in [-0.39, 0.29) is 24.0 Å². The Kier molecular flexibility index (Phi) is 3.54. The highest BCUT2D eigenvalue weighted by Crippen LogP contribution is 2.41. The lowest BCUT2D eigenvalue weighted by molar-refractivity contribution is 0.0942. The van der Waals surface area contributed by atoms with Crippen molar-refractivity contribution >= 4 is 18.3 Å². The number of rotatable bonds is 2. The van der Waals surface area contributed by atoms with Gasteiger partial charge in [0, 0.05) is 19.1 Å². The Morgan fingerprint density at radius 2 is 1.94 bits per heavy atom. The summed E-state index contributed by atoms with van der Waals surface area (Å²) >= 11 is 0. The first kappa shape index (κ1) is 13.2. The van der Waals surface area contributed by atoms with Crippen LogP contribution in [0.15, 0.2) is 18.2 Å². The number of fused-ring (bicyclic) bond motifs is 1. The van der Waals surface area contributed by atoms with Crippen molar-refractivity contribution < 1.29 is 13.6 Å². The molecule has 0 spiro atoms. The number of halogens is 3. The van der Waals surface area contributed by atoms with Gasteiger partial charge < -0.3 is 10.6 Å². The van der Waals surface area contributed by atoms with E-state index in [1.54, 1.807) is 0 Å². The van der Waals surface area contributed by atoms with Gasteiger partial charge in [-0.1, -0.05) is 0 Å². The molecule has 0 bridgehead atoms. The van der Waals surface area contributed by atoms with E-state index in [0.717, 1.165) is 31.3 Å². The molecule has 0 aromatic heterocycles. The van der Waals surface area contributed by atoms with Gasteiger partial charge in [0.1, 0.15) is 11.6 Å². The summed E-state index contributed by atoms with van der Waals surface area (Å²) in [7, 11) is 0. The van der Waals surface area contributed by atoms with E-state index in [9.17, 15) is 13.6 Å². The van der Waals surface area contributed by atoms with Crippen molar-refractivity contribution in [1.82, 2.24) is 10.6 Å². The molecule has 1 saturated carbocycles. The minimum absolute atomic E-state index is 0. The van der Waals surface area contributed by atoms with Gasteiger partial charge in [0.05, 0.1) is 5.56 Å². The molecule has 1 aromatic rings. The number of piperidine rings is 1. The van der Waals surface area contributed by atoms with E-state index in [0.29, 0.717) is 11.8 Å². The zero-order chi connectivity index (χ0) is 12.0. The number of benzene rings is 1. The van der Waals surface area contributed by atoms with Gasteiger partial charge in [-0.25, -0.2) is 8.78 Å². The molecule has 2 N–H and O–H groups in total. The van der Waals surface area contributed by atoms with Gasteiger partial charge in [-0.05, 0) is 30.0 Å². The third-order valence-electron chi connectivity index (χ3n) is 3.56. The molecule has 98 valence electrons. The van der Waals surface area contributed by atoms with Crippen LogP contribution in [0.2, 0.25) is 0 Å². The van der Waals surface area contributed by atoms with Gasteiger partial charge in [0.25, 0.3) is 5.91 Å². The second-order valence-electron chi connectivity index (χ2n) is 4.61. The Labute approximate surface area is 109 Å². The fourth-order valence-electron chi connectivity index (χ4n) is 2.53. The highest BCUT2D eigenvalue weighted by Gasteiger charge is 2.53. The summed E-state index contributed by atoms with van der Waals surface area (Å²) < 4.78 is 26.3. The number of hydrogen-bond acceptors (Lipinski definition) is 2. The van der Waals surface area contributed by atoms with Crippen molar-refractivity contribution in [2.75, 3.05) is 13.1 Å². The lowest BCUT2D eigenvalue weighted by Crippen LogP contribution is -2.33. The molecule has 2 aliphatic rings. The van der Waals surface area contributed by atoms with Crippen LogP contribution in [0.1, 0.15) is 10.4 Å². The zero-order valence-electron chi connectivity index (χ0n) is 9.45. The van der Waals surface area contributed by atoms with Crippen LogP contribution in [0.25, 0.3) is 0 Å². The Balaban J connectivity index is 0.00000120. The van der Waals surface area contributed by atoms with Gasteiger partial charge in [-0.15, -0.1) is 12.4 Å². The average Bonchev–Trinajstić information content (AvgIpc) is 2.76. The average molecular weight is 275 g/mol. The highest BCUT2D eigenvalue weighted by atomic mass is 35.5. The Hall–Kier alpha value is -1.20. The van der Waals surface area contributed by atoms with Crippen LogP contribution in [0, 0.1) is 23.5 Å². The first-order valence-corrected chi connectivity index (χ1v) is 5.63. The molecule has 1 heterocycles. The van der Waals surface area contributed by atoms with E-state index < -0.39 is 17.5 Å². The SMILES string of the molecule is Cl.O=C(NC1C2CNCC21)c1cc(F)ccc1F. The van der Waals surface area contributed by atoms with Crippen LogP contribution in [0.5, 0.6) is 0 Å². The van der Waals surface area contributed by atoms with Crippen molar-refractivity contribution in [3.05, 3.63) is 35.4 Å². The number of hydrogen-bond donors (Lipinski definition) is 2. The minimum Gasteiger partial charge on any atom is -0.349 e. The van der Waals surface area contributed by atoms with Crippen molar-refractivity contribution in [1.29, 1.82) is 0 Å². The fourth-order valence-corrected chi connectivity index (χ4v) is 2.53. The first-order chi connectivity index (χ1) is 8.16. The molecule has 18 heavy (non-hydrogen) atoms. The molecular weight excluding hydrogens is 262 g/mol. The normalized spacial score (nSPS) is 28.2. The third-order valence-corrected chi connectivity index (χ3v) is 3.56. The van der Waals surface area contributed by atoms with Crippen molar-refractivity contribution in [3.63, 3.8) is 0 Å². The monoisotopic (exact) mass is 274 g/mol. The zero-order valence-corrected chi connectivity index (χ0v) is 10.3. The molecule has 2 fully saturated rings. The Bertz CT molecular complexity index is 473. The maximum absolute atomic E-state index is 13.3.